The second-order valence-corrected chi connectivity index (χ2v) is 9.22. The standard InChI is InChI=1S/C21H24N4O4S/c1-14-20(26)25(17-8-6-5-7-9-17)23-19(22-14)21(27)24(3)15(2)16-10-12-18(13-11-16)30(4,28)29/h5-15H,1-4H3,(H,22,23)/t14-,15-/m0/s1. The van der Waals surface area contributed by atoms with Crippen LogP contribution in [0.4, 0.5) is 5.69 Å². The molecule has 0 aliphatic carbocycles. The topological polar surface area (TPSA) is 99.2 Å². The van der Waals surface area contributed by atoms with Gasteiger partial charge in [0.2, 0.25) is 5.84 Å². The van der Waals surface area contributed by atoms with Crippen LogP contribution >= 0.6 is 0 Å². The third kappa shape index (κ3) is 4.35. The fraction of sp³-hybridized carbons (Fsp3) is 0.286. The SMILES string of the molecule is C[C@@H]1N=C(C(=O)N(C)[C@@H](C)c2ccc(S(C)(=O)=O)cc2)NN(c2ccccc2)C1=O. The summed E-state index contributed by atoms with van der Waals surface area (Å²) in [7, 11) is -1.66. The van der Waals surface area contributed by atoms with Gasteiger partial charge in [0.15, 0.2) is 9.84 Å². The van der Waals surface area contributed by atoms with Crippen LogP contribution in [0.5, 0.6) is 0 Å². The number of para-hydroxylation sites is 1. The molecule has 1 heterocycles. The van der Waals surface area contributed by atoms with E-state index in [0.29, 0.717) is 5.69 Å². The van der Waals surface area contributed by atoms with Crippen molar-refractivity contribution in [2.24, 2.45) is 4.99 Å². The van der Waals surface area contributed by atoms with Gasteiger partial charge >= 0.3 is 0 Å². The molecule has 1 aliphatic heterocycles. The van der Waals surface area contributed by atoms with Gasteiger partial charge in [-0.15, -0.1) is 0 Å². The van der Waals surface area contributed by atoms with Crippen LogP contribution in [0.15, 0.2) is 64.5 Å². The van der Waals surface area contributed by atoms with Crippen LogP contribution in [0, 0.1) is 0 Å². The Balaban J connectivity index is 1.81. The van der Waals surface area contributed by atoms with Crippen molar-refractivity contribution < 1.29 is 18.0 Å². The minimum absolute atomic E-state index is 0.0630. The molecule has 0 unspecified atom stereocenters. The number of anilines is 1. The first kappa shape index (κ1) is 21.5. The molecule has 9 heteroatoms. The first-order chi connectivity index (χ1) is 14.1. The minimum atomic E-state index is -3.29. The summed E-state index contributed by atoms with van der Waals surface area (Å²) in [5.74, 6) is -0.576. The monoisotopic (exact) mass is 428 g/mol. The predicted molar refractivity (Wildman–Crippen MR) is 115 cm³/mol. The van der Waals surface area contributed by atoms with Crippen LogP contribution in [-0.4, -0.2) is 50.3 Å². The molecule has 2 aromatic rings. The number of hydrogen-bond acceptors (Lipinski definition) is 6. The highest BCUT2D eigenvalue weighted by Gasteiger charge is 2.33. The van der Waals surface area contributed by atoms with E-state index in [1.807, 2.05) is 13.0 Å². The van der Waals surface area contributed by atoms with Crippen LogP contribution in [0.25, 0.3) is 0 Å². The number of hydrogen-bond donors (Lipinski definition) is 1. The predicted octanol–water partition coefficient (Wildman–Crippen LogP) is 1.95. The van der Waals surface area contributed by atoms with Crippen LogP contribution in [0.3, 0.4) is 0 Å². The molecule has 0 saturated heterocycles. The van der Waals surface area contributed by atoms with Crippen LogP contribution in [0.1, 0.15) is 25.5 Å². The summed E-state index contributed by atoms with van der Waals surface area (Å²) in [6, 6.07) is 14.3. The molecule has 0 saturated carbocycles. The molecule has 3 rings (SSSR count). The second kappa shape index (κ2) is 8.27. The van der Waals surface area contributed by atoms with Crippen molar-refractivity contribution in [2.45, 2.75) is 30.8 Å². The van der Waals surface area contributed by atoms with E-state index in [1.54, 1.807) is 50.4 Å². The van der Waals surface area contributed by atoms with Crippen LogP contribution < -0.4 is 10.4 Å². The number of likely N-dealkylation sites (N-methyl/N-ethyl adjacent to an activating group) is 1. The molecular formula is C21H24N4O4S. The summed E-state index contributed by atoms with van der Waals surface area (Å²) in [6.07, 6.45) is 1.15. The van der Waals surface area contributed by atoms with E-state index in [2.05, 4.69) is 10.4 Å². The zero-order chi connectivity index (χ0) is 22.1. The lowest BCUT2D eigenvalue weighted by Gasteiger charge is -2.33. The molecule has 0 fully saturated rings. The average molecular weight is 429 g/mol. The number of nitrogens with one attached hydrogen (secondary N) is 1. The van der Waals surface area contributed by atoms with Crippen molar-refractivity contribution >= 4 is 33.2 Å². The normalized spacial score (nSPS) is 17.7. The minimum Gasteiger partial charge on any atom is -0.332 e. The number of sulfone groups is 1. The highest BCUT2D eigenvalue weighted by molar-refractivity contribution is 7.90. The molecule has 1 N–H and O–H groups in total. The summed E-state index contributed by atoms with van der Waals surface area (Å²) in [4.78, 5) is 31.5. The average Bonchev–Trinajstić information content (AvgIpc) is 2.74. The summed E-state index contributed by atoms with van der Waals surface area (Å²) in [6.45, 7) is 3.47. The van der Waals surface area contributed by atoms with Crippen molar-refractivity contribution in [3.05, 3.63) is 60.2 Å². The highest BCUT2D eigenvalue weighted by atomic mass is 32.2. The third-order valence-electron chi connectivity index (χ3n) is 5.03. The molecule has 2 amide bonds. The van der Waals surface area contributed by atoms with Gasteiger partial charge in [-0.2, -0.15) is 0 Å². The molecule has 2 atom stereocenters. The number of nitrogens with zero attached hydrogens (tertiary/aromatic N) is 3. The van der Waals surface area contributed by atoms with Crippen molar-refractivity contribution in [3.8, 4) is 0 Å². The van der Waals surface area contributed by atoms with Gasteiger partial charge in [-0.25, -0.2) is 18.4 Å². The van der Waals surface area contributed by atoms with E-state index >= 15 is 0 Å². The molecule has 0 bridgehead atoms. The lowest BCUT2D eigenvalue weighted by molar-refractivity contribution is -0.125. The molecule has 8 nitrogen and oxygen atoms in total. The third-order valence-corrected chi connectivity index (χ3v) is 6.16. The Hall–Kier alpha value is -3.20. The summed E-state index contributed by atoms with van der Waals surface area (Å²) in [5, 5.41) is 1.32. The number of carbonyl (C=O) groups excluding carboxylic acids is 2. The quantitative estimate of drug-likeness (QED) is 0.785. The zero-order valence-corrected chi connectivity index (χ0v) is 18.1. The number of rotatable bonds is 5. The van der Waals surface area contributed by atoms with Gasteiger partial charge in [0.25, 0.3) is 11.8 Å². The van der Waals surface area contributed by atoms with E-state index in [9.17, 15) is 18.0 Å². The van der Waals surface area contributed by atoms with E-state index < -0.39 is 15.9 Å². The first-order valence-electron chi connectivity index (χ1n) is 9.40. The maximum Gasteiger partial charge on any atom is 0.290 e. The Morgan fingerprint density at radius 1 is 1.13 bits per heavy atom. The van der Waals surface area contributed by atoms with Gasteiger partial charge in [-0.3, -0.25) is 15.0 Å². The Morgan fingerprint density at radius 2 is 1.73 bits per heavy atom. The zero-order valence-electron chi connectivity index (χ0n) is 17.2. The molecule has 158 valence electrons. The van der Waals surface area contributed by atoms with E-state index in [1.165, 1.54) is 22.0 Å². The van der Waals surface area contributed by atoms with E-state index in [0.717, 1.165) is 11.8 Å². The van der Waals surface area contributed by atoms with Gasteiger partial charge in [0.05, 0.1) is 16.6 Å². The maximum atomic E-state index is 13.1. The van der Waals surface area contributed by atoms with Gasteiger partial charge in [-0.05, 0) is 43.7 Å². The number of aliphatic imine (C=N–C) groups is 1. The van der Waals surface area contributed by atoms with Crippen molar-refractivity contribution in [1.82, 2.24) is 10.3 Å². The lowest BCUT2D eigenvalue weighted by atomic mass is 10.1. The fourth-order valence-corrected chi connectivity index (χ4v) is 3.69. The smallest absolute Gasteiger partial charge is 0.290 e. The van der Waals surface area contributed by atoms with Gasteiger partial charge in [0.1, 0.15) is 6.04 Å². The van der Waals surface area contributed by atoms with E-state index in [4.69, 9.17) is 0 Å². The Bertz CT molecular complexity index is 1080. The van der Waals surface area contributed by atoms with Gasteiger partial charge in [-0.1, -0.05) is 30.3 Å². The fourth-order valence-electron chi connectivity index (χ4n) is 3.06. The lowest BCUT2D eigenvalue weighted by Crippen LogP contribution is -2.58. The van der Waals surface area contributed by atoms with Crippen molar-refractivity contribution in [3.63, 3.8) is 0 Å². The molecule has 0 radical (unpaired) electrons. The second-order valence-electron chi connectivity index (χ2n) is 7.21. The highest BCUT2D eigenvalue weighted by Crippen LogP contribution is 2.22. The number of amidine groups is 1. The first-order valence-corrected chi connectivity index (χ1v) is 11.3. The molecule has 0 aromatic heterocycles. The number of carbonyl (C=O) groups is 2. The van der Waals surface area contributed by atoms with E-state index in [-0.39, 0.29) is 28.6 Å². The number of hydrazine groups is 1. The summed E-state index contributed by atoms with van der Waals surface area (Å²) < 4.78 is 23.3. The number of benzene rings is 2. The Labute approximate surface area is 176 Å². The molecule has 1 aliphatic rings. The number of amides is 2. The summed E-state index contributed by atoms with van der Waals surface area (Å²) >= 11 is 0. The van der Waals surface area contributed by atoms with Gasteiger partial charge in [0, 0.05) is 13.3 Å². The van der Waals surface area contributed by atoms with Crippen LogP contribution in [0.2, 0.25) is 0 Å². The largest absolute Gasteiger partial charge is 0.332 e. The van der Waals surface area contributed by atoms with Gasteiger partial charge < -0.3 is 4.90 Å². The molecule has 2 aromatic carbocycles. The molecule has 0 spiro atoms. The Morgan fingerprint density at radius 3 is 2.30 bits per heavy atom. The van der Waals surface area contributed by atoms with Crippen molar-refractivity contribution in [1.29, 1.82) is 0 Å². The van der Waals surface area contributed by atoms with Crippen LogP contribution in [-0.2, 0) is 19.4 Å². The molecule has 30 heavy (non-hydrogen) atoms. The maximum absolute atomic E-state index is 13.1. The summed E-state index contributed by atoms with van der Waals surface area (Å²) in [5.41, 5.74) is 4.22. The molecular weight excluding hydrogens is 404 g/mol. The van der Waals surface area contributed by atoms with Crippen molar-refractivity contribution in [2.75, 3.05) is 18.3 Å². The Kier molecular flexibility index (Phi) is 5.93.